The number of carbonyl (C=O) groups is 3. The third-order valence-electron chi connectivity index (χ3n) is 0.500. The second kappa shape index (κ2) is 24.1. The van der Waals surface area contributed by atoms with Gasteiger partial charge >= 0.3 is 17.1 Å². The Balaban J connectivity index is -0.0000000400. The van der Waals surface area contributed by atoms with E-state index in [0.717, 1.165) is 18.2 Å². The van der Waals surface area contributed by atoms with Crippen LogP contribution in [0, 0.1) is 0 Å². The molecule has 0 rings (SSSR count). The third-order valence-corrected chi connectivity index (χ3v) is 0.500. The number of carboxylic acids is 3. The largest absolute Gasteiger partial charge is 3.00 e. The molecule has 0 N–H and O–H groups in total. The number of hydrogen-bond donors (Lipinski definition) is 0. The molecule has 0 aromatic rings. The molecule has 17 heavy (non-hydrogen) atoms. The van der Waals surface area contributed by atoms with E-state index in [1.54, 1.807) is 0 Å². The van der Waals surface area contributed by atoms with E-state index in [2.05, 4.69) is 19.7 Å². The normalized spacial score (nSPS) is 5.65. The number of carboxylic acid groups (broad SMARTS) is 3. The quantitative estimate of drug-likeness (QED) is 0.397. The molecule has 0 heterocycles. The van der Waals surface area contributed by atoms with Gasteiger partial charge < -0.3 is 29.7 Å². The van der Waals surface area contributed by atoms with Crippen molar-refractivity contribution in [2.24, 2.45) is 0 Å². The fourth-order valence-electron chi connectivity index (χ4n) is 0. The minimum Gasteiger partial charge on any atom is -0.545 e. The maximum absolute atomic E-state index is 9.14. The molecule has 0 atom stereocenters. The van der Waals surface area contributed by atoms with Crippen LogP contribution in [0.5, 0.6) is 0 Å². The van der Waals surface area contributed by atoms with Crippen LogP contribution in [0.15, 0.2) is 38.0 Å². The van der Waals surface area contributed by atoms with Crippen molar-refractivity contribution >= 4 is 17.9 Å². The van der Waals surface area contributed by atoms with Gasteiger partial charge in [-0.05, 0) is 18.2 Å². The van der Waals surface area contributed by atoms with Crippen molar-refractivity contribution < 1.29 is 63.8 Å². The summed E-state index contributed by atoms with van der Waals surface area (Å²) in [6, 6.07) is 0. The van der Waals surface area contributed by atoms with Gasteiger partial charge in [0.1, 0.15) is 0 Å². The smallest absolute Gasteiger partial charge is 0.545 e. The minimum absolute atomic E-state index is 0. The van der Waals surface area contributed by atoms with Crippen LogP contribution in [0.25, 0.3) is 0 Å². The van der Waals surface area contributed by atoms with E-state index in [9.17, 15) is 0 Å². The Kier molecular flexibility index (Phi) is 42.0. The first kappa shape index (κ1) is 29.6. The minimum atomic E-state index is -1.23. The number of carbonyl (C=O) groups excluding carboxylic acids is 3. The van der Waals surface area contributed by atoms with Gasteiger partial charge in [0.05, 0.1) is 17.9 Å². The second-order valence-corrected chi connectivity index (χ2v) is 1.57. The van der Waals surface area contributed by atoms with Gasteiger partial charge in [0, 0.05) is 17.1 Å². The van der Waals surface area contributed by atoms with E-state index in [1.165, 1.54) is 0 Å². The number of hydrogen-bond acceptors (Lipinski definition) is 6. The van der Waals surface area contributed by atoms with Crippen LogP contribution in [0.2, 0.25) is 0 Å². The van der Waals surface area contributed by atoms with E-state index in [0.29, 0.717) is 0 Å². The molecule has 0 unspecified atom stereocenters. The molecule has 0 aromatic heterocycles. The Morgan fingerprint density at radius 1 is 0.706 bits per heavy atom. The summed E-state index contributed by atoms with van der Waals surface area (Å²) >= 11 is 0. The van der Waals surface area contributed by atoms with E-state index >= 15 is 0 Å². The number of aliphatic carboxylic acids is 3. The molecule has 0 aliphatic heterocycles. The second-order valence-electron chi connectivity index (χ2n) is 1.57. The summed E-state index contributed by atoms with van der Waals surface area (Å²) in [6.07, 6.45) is 2.17. The van der Waals surface area contributed by atoms with Crippen LogP contribution in [0.4, 0.5) is 0 Å². The maximum atomic E-state index is 9.14. The van der Waals surface area contributed by atoms with Gasteiger partial charge in [-0.2, -0.15) is 0 Å². The molecule has 0 aliphatic carbocycles. The SMILES string of the molecule is C=CC(=O)[O-].C=CC(=O)[O-].C=CC(=O)[O-].[Fe+3].[Mn]. The predicted octanol–water partition coefficient (Wildman–Crippen LogP) is -3.24. The molecule has 0 fully saturated rings. The van der Waals surface area contributed by atoms with Crippen LogP contribution in [-0.4, -0.2) is 17.9 Å². The monoisotopic (exact) mass is 324 g/mol. The molecule has 0 saturated heterocycles. The van der Waals surface area contributed by atoms with Crippen molar-refractivity contribution in [2.45, 2.75) is 0 Å². The summed E-state index contributed by atoms with van der Waals surface area (Å²) in [7, 11) is 0. The van der Waals surface area contributed by atoms with Crippen LogP contribution >= 0.6 is 0 Å². The van der Waals surface area contributed by atoms with E-state index in [-0.39, 0.29) is 34.1 Å². The standard InChI is InChI=1S/3C3H4O2.Fe.Mn/c3*1-2-3(4)5;;/h3*2H,1H2,(H,4,5);;/q;;;+3;/p-3. The summed E-state index contributed by atoms with van der Waals surface area (Å²) in [4.78, 5) is 27.4. The Bertz CT molecular complexity index is 221. The molecular formula is C9H9FeMnO6. The first-order valence-corrected chi connectivity index (χ1v) is 3.32. The average Bonchev–Trinajstić information content (AvgIpc) is 2.19. The van der Waals surface area contributed by atoms with Gasteiger partial charge in [-0.3, -0.25) is 0 Å². The predicted molar refractivity (Wildman–Crippen MR) is 45.6 cm³/mol. The third kappa shape index (κ3) is 108. The van der Waals surface area contributed by atoms with Crippen molar-refractivity contribution in [1.29, 1.82) is 0 Å². The maximum Gasteiger partial charge on any atom is 3.00 e. The zero-order chi connectivity index (χ0) is 12.9. The molecule has 0 amide bonds. The Hall–Kier alpha value is -1.33. The summed E-state index contributed by atoms with van der Waals surface area (Å²) in [5.74, 6) is -3.69. The van der Waals surface area contributed by atoms with Gasteiger partial charge in [-0.15, -0.1) is 0 Å². The van der Waals surface area contributed by atoms with Crippen LogP contribution in [-0.2, 0) is 48.5 Å². The molecule has 0 aliphatic rings. The molecule has 0 spiro atoms. The van der Waals surface area contributed by atoms with Crippen molar-refractivity contribution in [3.05, 3.63) is 38.0 Å². The summed E-state index contributed by atoms with van der Waals surface area (Å²) < 4.78 is 0. The summed E-state index contributed by atoms with van der Waals surface area (Å²) in [5.41, 5.74) is 0. The summed E-state index contributed by atoms with van der Waals surface area (Å²) in [6.45, 7) is 8.69. The van der Waals surface area contributed by atoms with Crippen molar-refractivity contribution in [1.82, 2.24) is 0 Å². The van der Waals surface area contributed by atoms with Crippen LogP contribution in [0.3, 0.4) is 0 Å². The van der Waals surface area contributed by atoms with E-state index in [4.69, 9.17) is 29.7 Å². The van der Waals surface area contributed by atoms with Crippen LogP contribution in [0.1, 0.15) is 0 Å². The van der Waals surface area contributed by atoms with Gasteiger partial charge in [0.2, 0.25) is 0 Å². The van der Waals surface area contributed by atoms with Crippen molar-refractivity contribution in [3.8, 4) is 0 Å². The first-order chi connectivity index (χ1) is 6.81. The van der Waals surface area contributed by atoms with Crippen molar-refractivity contribution in [3.63, 3.8) is 0 Å². The van der Waals surface area contributed by atoms with Gasteiger partial charge in [-0.1, -0.05) is 19.7 Å². The fourth-order valence-corrected chi connectivity index (χ4v) is 0. The summed E-state index contributed by atoms with van der Waals surface area (Å²) in [5, 5.41) is 27.4. The zero-order valence-corrected chi connectivity index (χ0v) is 10.8. The zero-order valence-electron chi connectivity index (χ0n) is 8.53. The first-order valence-electron chi connectivity index (χ1n) is 3.32. The molecular weight excluding hydrogens is 315 g/mol. The molecule has 2 radical (unpaired) electrons. The molecule has 0 saturated carbocycles. The van der Waals surface area contributed by atoms with Gasteiger partial charge in [0.15, 0.2) is 0 Å². The molecule has 96 valence electrons. The molecule has 0 bridgehead atoms. The van der Waals surface area contributed by atoms with E-state index < -0.39 is 17.9 Å². The average molecular weight is 324 g/mol. The molecule has 0 aromatic carbocycles. The molecule has 8 heteroatoms. The molecule has 6 nitrogen and oxygen atoms in total. The fraction of sp³-hybridized carbons (Fsp3) is 0. The van der Waals surface area contributed by atoms with Crippen LogP contribution < -0.4 is 15.3 Å². The topological polar surface area (TPSA) is 120 Å². The van der Waals surface area contributed by atoms with E-state index in [1.807, 2.05) is 0 Å². The van der Waals surface area contributed by atoms with Gasteiger partial charge in [0.25, 0.3) is 0 Å². The van der Waals surface area contributed by atoms with Crippen molar-refractivity contribution in [2.75, 3.05) is 0 Å². The Morgan fingerprint density at radius 3 is 0.765 bits per heavy atom. The Labute approximate surface area is 120 Å². The number of rotatable bonds is 3. The Morgan fingerprint density at radius 2 is 0.765 bits per heavy atom. The van der Waals surface area contributed by atoms with Gasteiger partial charge in [-0.25, -0.2) is 0 Å².